The monoisotopic (exact) mass is 389 g/mol. The fourth-order valence-corrected chi connectivity index (χ4v) is 4.31. The number of nitrogens with zero attached hydrogens (tertiary/aromatic N) is 3. The van der Waals surface area contributed by atoms with Gasteiger partial charge in [0.25, 0.3) is 0 Å². The van der Waals surface area contributed by atoms with Gasteiger partial charge in [-0.3, -0.25) is 9.69 Å². The van der Waals surface area contributed by atoms with Crippen LogP contribution in [0.4, 0.5) is 4.39 Å². The Labute approximate surface area is 165 Å². The Bertz CT molecular complexity index is 759. The van der Waals surface area contributed by atoms with Crippen molar-refractivity contribution in [3.8, 4) is 0 Å². The van der Waals surface area contributed by atoms with Crippen molar-refractivity contribution in [3.63, 3.8) is 0 Å². The maximum absolute atomic E-state index is 13.2. The van der Waals surface area contributed by atoms with E-state index in [9.17, 15) is 9.18 Å². The molecule has 0 bridgehead atoms. The standard InChI is InChI=1S/C21H28FN3OS/c1-15(2)20-13-25(21(26)11-19-14-27-16(3)23-19)10-4-9-24(20)12-17-5-7-18(22)8-6-17/h5-8,14-15,20H,4,9-13H2,1-3H3/t20-/m1/s1. The van der Waals surface area contributed by atoms with Crippen LogP contribution in [-0.4, -0.2) is 46.4 Å². The molecule has 1 aromatic carbocycles. The van der Waals surface area contributed by atoms with Crippen LogP contribution in [0.3, 0.4) is 0 Å². The van der Waals surface area contributed by atoms with Gasteiger partial charge in [-0.05, 0) is 37.0 Å². The summed E-state index contributed by atoms with van der Waals surface area (Å²) in [6.07, 6.45) is 1.33. The van der Waals surface area contributed by atoms with Gasteiger partial charge in [-0.2, -0.15) is 0 Å². The van der Waals surface area contributed by atoms with E-state index in [1.165, 1.54) is 12.1 Å². The zero-order valence-corrected chi connectivity index (χ0v) is 17.1. The molecule has 0 spiro atoms. The minimum Gasteiger partial charge on any atom is -0.341 e. The van der Waals surface area contributed by atoms with Crippen molar-refractivity contribution in [1.29, 1.82) is 0 Å². The molecule has 1 aliphatic heterocycles. The molecule has 0 unspecified atom stereocenters. The Kier molecular flexibility index (Phi) is 6.60. The number of hydrogen-bond donors (Lipinski definition) is 0. The topological polar surface area (TPSA) is 36.4 Å². The molecule has 1 aliphatic rings. The highest BCUT2D eigenvalue weighted by atomic mass is 32.1. The molecule has 1 aromatic heterocycles. The van der Waals surface area contributed by atoms with Gasteiger partial charge in [-0.25, -0.2) is 9.37 Å². The van der Waals surface area contributed by atoms with Crippen LogP contribution in [0, 0.1) is 18.7 Å². The molecular formula is C21H28FN3OS. The Balaban J connectivity index is 1.68. The lowest BCUT2D eigenvalue weighted by Gasteiger charge is -2.34. The summed E-state index contributed by atoms with van der Waals surface area (Å²) in [6.45, 7) is 9.63. The molecule has 6 heteroatoms. The minimum absolute atomic E-state index is 0.162. The van der Waals surface area contributed by atoms with E-state index in [1.54, 1.807) is 11.3 Å². The quantitative estimate of drug-likeness (QED) is 0.778. The Hall–Kier alpha value is -1.79. The largest absolute Gasteiger partial charge is 0.341 e. The summed E-state index contributed by atoms with van der Waals surface area (Å²) in [6, 6.07) is 7.03. The third-order valence-corrected chi connectivity index (χ3v) is 5.99. The second kappa shape index (κ2) is 8.93. The van der Waals surface area contributed by atoms with Crippen LogP contribution in [0.1, 0.15) is 36.5 Å². The Morgan fingerprint density at radius 1 is 1.30 bits per heavy atom. The van der Waals surface area contributed by atoms with Gasteiger partial charge in [0.05, 0.1) is 17.1 Å². The molecule has 0 radical (unpaired) electrons. The van der Waals surface area contributed by atoms with E-state index in [-0.39, 0.29) is 11.7 Å². The van der Waals surface area contributed by atoms with E-state index in [1.807, 2.05) is 29.3 Å². The highest BCUT2D eigenvalue weighted by Gasteiger charge is 2.29. The molecule has 146 valence electrons. The molecule has 27 heavy (non-hydrogen) atoms. The van der Waals surface area contributed by atoms with Gasteiger partial charge in [-0.15, -0.1) is 11.3 Å². The number of amides is 1. The lowest BCUT2D eigenvalue weighted by Crippen LogP contribution is -2.45. The van der Waals surface area contributed by atoms with E-state index in [4.69, 9.17) is 0 Å². The average Bonchev–Trinajstić information content (AvgIpc) is 2.90. The van der Waals surface area contributed by atoms with Crippen molar-refractivity contribution in [1.82, 2.24) is 14.8 Å². The summed E-state index contributed by atoms with van der Waals surface area (Å²) >= 11 is 1.59. The van der Waals surface area contributed by atoms with Crippen molar-refractivity contribution >= 4 is 17.2 Å². The van der Waals surface area contributed by atoms with Gasteiger partial charge in [0, 0.05) is 37.6 Å². The Morgan fingerprint density at radius 2 is 2.04 bits per heavy atom. The Morgan fingerprint density at radius 3 is 2.67 bits per heavy atom. The molecular weight excluding hydrogens is 361 g/mol. The van der Waals surface area contributed by atoms with Gasteiger partial charge < -0.3 is 4.90 Å². The zero-order valence-electron chi connectivity index (χ0n) is 16.3. The second-order valence-corrected chi connectivity index (χ2v) is 8.70. The summed E-state index contributed by atoms with van der Waals surface area (Å²) in [5.41, 5.74) is 1.98. The molecule has 2 aromatic rings. The molecule has 0 N–H and O–H groups in total. The lowest BCUT2D eigenvalue weighted by atomic mass is 10.0. The smallest absolute Gasteiger partial charge is 0.228 e. The molecule has 1 amide bonds. The number of hydrogen-bond acceptors (Lipinski definition) is 4. The minimum atomic E-state index is -0.205. The fourth-order valence-electron chi connectivity index (χ4n) is 3.70. The highest BCUT2D eigenvalue weighted by molar-refractivity contribution is 7.09. The predicted octanol–water partition coefficient (Wildman–Crippen LogP) is 3.89. The average molecular weight is 390 g/mol. The number of carbonyl (C=O) groups is 1. The molecule has 0 aliphatic carbocycles. The van der Waals surface area contributed by atoms with Crippen LogP contribution >= 0.6 is 11.3 Å². The number of carbonyl (C=O) groups excluding carboxylic acids is 1. The summed E-state index contributed by atoms with van der Waals surface area (Å²) in [4.78, 5) is 21.7. The summed E-state index contributed by atoms with van der Waals surface area (Å²) in [5.74, 6) is 0.388. The van der Waals surface area contributed by atoms with Crippen LogP contribution in [-0.2, 0) is 17.8 Å². The van der Waals surface area contributed by atoms with Crippen LogP contribution in [0.25, 0.3) is 0 Å². The van der Waals surface area contributed by atoms with Gasteiger partial charge in [-0.1, -0.05) is 26.0 Å². The molecule has 0 saturated carbocycles. The zero-order chi connectivity index (χ0) is 19.4. The number of benzene rings is 1. The van der Waals surface area contributed by atoms with Gasteiger partial charge >= 0.3 is 0 Å². The van der Waals surface area contributed by atoms with Gasteiger partial charge in [0.2, 0.25) is 5.91 Å². The van der Waals surface area contributed by atoms with E-state index < -0.39 is 0 Å². The molecule has 1 fully saturated rings. The van der Waals surface area contributed by atoms with E-state index in [2.05, 4.69) is 23.7 Å². The van der Waals surface area contributed by atoms with Crippen molar-refractivity contribution in [2.24, 2.45) is 5.92 Å². The second-order valence-electron chi connectivity index (χ2n) is 7.64. The molecule has 1 atom stereocenters. The normalized spacial score (nSPS) is 18.7. The third kappa shape index (κ3) is 5.36. The molecule has 1 saturated heterocycles. The first-order valence-corrected chi connectivity index (χ1v) is 10.5. The number of halogens is 1. The first-order valence-electron chi connectivity index (χ1n) is 9.59. The third-order valence-electron chi connectivity index (χ3n) is 5.17. The number of aromatic nitrogens is 1. The van der Waals surface area contributed by atoms with Gasteiger partial charge in [0.15, 0.2) is 0 Å². The van der Waals surface area contributed by atoms with Gasteiger partial charge in [0.1, 0.15) is 5.82 Å². The van der Waals surface area contributed by atoms with Crippen molar-refractivity contribution in [2.45, 2.75) is 46.2 Å². The number of rotatable bonds is 5. The maximum atomic E-state index is 13.2. The molecule has 4 nitrogen and oxygen atoms in total. The van der Waals surface area contributed by atoms with Crippen molar-refractivity contribution < 1.29 is 9.18 Å². The molecule has 3 rings (SSSR count). The maximum Gasteiger partial charge on any atom is 0.228 e. The van der Waals surface area contributed by atoms with E-state index >= 15 is 0 Å². The summed E-state index contributed by atoms with van der Waals surface area (Å²) in [5, 5.41) is 2.98. The highest BCUT2D eigenvalue weighted by Crippen LogP contribution is 2.21. The van der Waals surface area contributed by atoms with E-state index in [0.717, 1.165) is 48.9 Å². The van der Waals surface area contributed by atoms with E-state index in [0.29, 0.717) is 18.4 Å². The number of aryl methyl sites for hydroxylation is 1. The van der Waals surface area contributed by atoms with Crippen LogP contribution in [0.15, 0.2) is 29.6 Å². The van der Waals surface area contributed by atoms with Crippen LogP contribution < -0.4 is 0 Å². The summed E-state index contributed by atoms with van der Waals surface area (Å²) < 4.78 is 13.2. The summed E-state index contributed by atoms with van der Waals surface area (Å²) in [7, 11) is 0. The first kappa shape index (κ1) is 20.0. The van der Waals surface area contributed by atoms with Crippen LogP contribution in [0.2, 0.25) is 0 Å². The first-order chi connectivity index (χ1) is 12.9. The number of thiazole rings is 1. The van der Waals surface area contributed by atoms with Crippen molar-refractivity contribution in [3.05, 3.63) is 51.7 Å². The molecule has 2 heterocycles. The predicted molar refractivity (Wildman–Crippen MR) is 107 cm³/mol. The lowest BCUT2D eigenvalue weighted by molar-refractivity contribution is -0.131. The SMILES string of the molecule is Cc1nc(CC(=O)N2CCCN(Cc3ccc(F)cc3)[C@@H](C(C)C)C2)cs1. The fraction of sp³-hybridized carbons (Fsp3) is 0.524. The van der Waals surface area contributed by atoms with Crippen molar-refractivity contribution in [2.75, 3.05) is 19.6 Å². The van der Waals surface area contributed by atoms with Crippen LogP contribution in [0.5, 0.6) is 0 Å².